The van der Waals surface area contributed by atoms with Crippen LogP contribution in [0.2, 0.25) is 0 Å². The first-order valence-electron chi connectivity index (χ1n) is 9.59. The van der Waals surface area contributed by atoms with Crippen LogP contribution >= 0.6 is 0 Å². The quantitative estimate of drug-likeness (QED) is 0.512. The molecule has 0 aliphatic rings. The van der Waals surface area contributed by atoms with Crippen molar-refractivity contribution in [2.24, 2.45) is 7.05 Å². The van der Waals surface area contributed by atoms with Crippen molar-refractivity contribution in [2.45, 2.75) is 13.5 Å². The minimum absolute atomic E-state index is 0.198. The Morgan fingerprint density at radius 3 is 2.43 bits per heavy atom. The molecule has 3 heterocycles. The molecule has 0 bridgehead atoms. The highest BCUT2D eigenvalue weighted by molar-refractivity contribution is 6.04. The maximum absolute atomic E-state index is 12.6. The van der Waals surface area contributed by atoms with E-state index < -0.39 is 0 Å². The van der Waals surface area contributed by atoms with Crippen molar-refractivity contribution in [1.82, 2.24) is 19.5 Å². The molecule has 0 saturated carbocycles. The van der Waals surface area contributed by atoms with Crippen molar-refractivity contribution in [3.8, 4) is 11.1 Å². The summed E-state index contributed by atoms with van der Waals surface area (Å²) >= 11 is 0. The Bertz CT molecular complexity index is 1130. The smallest absolute Gasteiger partial charge is 0.272 e. The Morgan fingerprint density at radius 1 is 0.967 bits per heavy atom. The van der Waals surface area contributed by atoms with Gasteiger partial charge in [0.05, 0.1) is 11.9 Å². The molecular weight excluding hydrogens is 376 g/mol. The van der Waals surface area contributed by atoms with Crippen molar-refractivity contribution in [3.05, 3.63) is 90.3 Å². The number of hydrogen-bond acceptors (Lipinski definition) is 5. The van der Waals surface area contributed by atoms with E-state index >= 15 is 0 Å². The van der Waals surface area contributed by atoms with Crippen molar-refractivity contribution >= 4 is 17.5 Å². The minimum atomic E-state index is -0.198. The summed E-state index contributed by atoms with van der Waals surface area (Å²) in [6, 6.07) is 15.6. The van der Waals surface area contributed by atoms with Crippen molar-refractivity contribution < 1.29 is 4.79 Å². The third-order valence-corrected chi connectivity index (χ3v) is 4.69. The monoisotopic (exact) mass is 398 g/mol. The average Bonchev–Trinajstić information content (AvgIpc) is 3.17. The van der Waals surface area contributed by atoms with Gasteiger partial charge in [-0.25, -0.2) is 9.97 Å². The number of aryl methyl sites for hydroxylation is 2. The second-order valence-electron chi connectivity index (χ2n) is 7.00. The number of rotatable bonds is 6. The van der Waals surface area contributed by atoms with Gasteiger partial charge in [0.1, 0.15) is 5.69 Å². The van der Waals surface area contributed by atoms with E-state index in [2.05, 4.69) is 25.6 Å². The van der Waals surface area contributed by atoms with Crippen LogP contribution in [0.25, 0.3) is 11.1 Å². The third-order valence-electron chi connectivity index (χ3n) is 4.69. The molecule has 0 aliphatic carbocycles. The van der Waals surface area contributed by atoms with Crippen LogP contribution in [-0.2, 0) is 13.6 Å². The van der Waals surface area contributed by atoms with Crippen molar-refractivity contribution in [3.63, 3.8) is 0 Å². The Labute approximate surface area is 174 Å². The van der Waals surface area contributed by atoms with Gasteiger partial charge in [-0.15, -0.1) is 0 Å². The van der Waals surface area contributed by atoms with Gasteiger partial charge in [-0.05, 0) is 30.7 Å². The normalized spacial score (nSPS) is 10.6. The molecule has 30 heavy (non-hydrogen) atoms. The van der Waals surface area contributed by atoms with E-state index in [9.17, 15) is 4.79 Å². The zero-order valence-corrected chi connectivity index (χ0v) is 16.8. The summed E-state index contributed by atoms with van der Waals surface area (Å²) in [7, 11) is 1.84. The largest absolute Gasteiger partial charge is 0.350 e. The minimum Gasteiger partial charge on any atom is -0.350 e. The molecule has 7 heteroatoms. The first-order valence-corrected chi connectivity index (χ1v) is 9.59. The Hall–Kier alpha value is -4.00. The van der Waals surface area contributed by atoms with E-state index in [1.807, 2.05) is 68.7 Å². The molecule has 0 fully saturated rings. The van der Waals surface area contributed by atoms with Crippen LogP contribution in [0.3, 0.4) is 0 Å². The van der Waals surface area contributed by atoms with Gasteiger partial charge in [0, 0.05) is 49.0 Å². The lowest BCUT2D eigenvalue weighted by atomic mass is 10.2. The molecular formula is C23H22N6O. The summed E-state index contributed by atoms with van der Waals surface area (Å²) in [5.41, 5.74) is 4.97. The molecule has 4 aromatic rings. The van der Waals surface area contributed by atoms with E-state index in [4.69, 9.17) is 0 Å². The molecule has 1 aromatic carbocycles. The number of nitrogens with one attached hydrogen (secondary N) is 2. The fourth-order valence-electron chi connectivity index (χ4n) is 3.03. The van der Waals surface area contributed by atoms with Crippen LogP contribution in [-0.4, -0.2) is 25.4 Å². The Balaban J connectivity index is 1.44. The van der Waals surface area contributed by atoms with E-state index in [0.717, 1.165) is 22.4 Å². The molecule has 0 atom stereocenters. The van der Waals surface area contributed by atoms with Crippen LogP contribution < -0.4 is 10.6 Å². The lowest BCUT2D eigenvalue weighted by molar-refractivity contribution is 0.101. The fourth-order valence-corrected chi connectivity index (χ4v) is 3.03. The first kappa shape index (κ1) is 19.3. The van der Waals surface area contributed by atoms with E-state index in [-0.39, 0.29) is 5.91 Å². The number of hydrogen-bond donors (Lipinski definition) is 2. The Kier molecular flexibility index (Phi) is 5.52. The lowest BCUT2D eigenvalue weighted by Gasteiger charge is -2.05. The molecule has 0 aliphatic heterocycles. The van der Waals surface area contributed by atoms with Gasteiger partial charge in [0.2, 0.25) is 5.95 Å². The van der Waals surface area contributed by atoms with Gasteiger partial charge in [-0.3, -0.25) is 9.78 Å². The number of nitrogens with zero attached hydrogens (tertiary/aromatic N) is 4. The van der Waals surface area contributed by atoms with Crippen LogP contribution in [0.5, 0.6) is 0 Å². The number of pyridine rings is 1. The van der Waals surface area contributed by atoms with E-state index in [1.165, 1.54) is 0 Å². The predicted octanol–water partition coefficient (Wildman–Crippen LogP) is 4.05. The molecule has 0 saturated heterocycles. The third kappa shape index (κ3) is 4.52. The number of benzene rings is 1. The second-order valence-corrected chi connectivity index (χ2v) is 7.00. The number of carbonyl (C=O) groups excluding carboxylic acids is 1. The van der Waals surface area contributed by atoms with Crippen LogP contribution in [0.4, 0.5) is 11.6 Å². The molecule has 4 rings (SSSR count). The van der Waals surface area contributed by atoms with Gasteiger partial charge < -0.3 is 15.2 Å². The summed E-state index contributed by atoms with van der Waals surface area (Å²) < 4.78 is 1.79. The lowest BCUT2D eigenvalue weighted by Crippen LogP contribution is -2.15. The Morgan fingerprint density at radius 2 is 1.73 bits per heavy atom. The zero-order valence-electron chi connectivity index (χ0n) is 16.8. The number of amides is 1. The highest BCUT2D eigenvalue weighted by Crippen LogP contribution is 2.22. The molecule has 0 radical (unpaired) electrons. The van der Waals surface area contributed by atoms with Gasteiger partial charge in [0.15, 0.2) is 0 Å². The summed E-state index contributed by atoms with van der Waals surface area (Å²) in [6.07, 6.45) is 7.03. The van der Waals surface area contributed by atoms with Crippen LogP contribution in [0.15, 0.2) is 73.3 Å². The highest BCUT2D eigenvalue weighted by atomic mass is 16.1. The molecule has 0 spiro atoms. The molecule has 0 unspecified atom stereocenters. The summed E-state index contributed by atoms with van der Waals surface area (Å²) in [4.78, 5) is 25.6. The first-order chi connectivity index (χ1) is 14.6. The van der Waals surface area contributed by atoms with Crippen molar-refractivity contribution in [2.75, 3.05) is 10.6 Å². The van der Waals surface area contributed by atoms with Gasteiger partial charge in [-0.2, -0.15) is 0 Å². The van der Waals surface area contributed by atoms with Gasteiger partial charge in [0.25, 0.3) is 5.91 Å². The van der Waals surface area contributed by atoms with E-state index in [1.54, 1.807) is 23.2 Å². The highest BCUT2D eigenvalue weighted by Gasteiger charge is 2.14. The topological polar surface area (TPSA) is 84.7 Å². The zero-order chi connectivity index (χ0) is 20.9. The standard InChI is InChI=1S/C23H22N6O/c1-16-8-9-20(14-24-16)28-22(30)21-10-18(15-29(21)2)19-12-26-23(27-13-19)25-11-17-6-4-3-5-7-17/h3-10,12-15H,11H2,1-2H3,(H,28,30)(H,25,26,27). The summed E-state index contributed by atoms with van der Waals surface area (Å²) in [5.74, 6) is 0.361. The van der Waals surface area contributed by atoms with Crippen LogP contribution in [0, 0.1) is 6.92 Å². The molecule has 3 aromatic heterocycles. The van der Waals surface area contributed by atoms with Gasteiger partial charge in [-0.1, -0.05) is 30.3 Å². The maximum atomic E-state index is 12.6. The fraction of sp³-hybridized carbons (Fsp3) is 0.130. The molecule has 7 nitrogen and oxygen atoms in total. The van der Waals surface area contributed by atoms with Gasteiger partial charge >= 0.3 is 0 Å². The molecule has 2 N–H and O–H groups in total. The number of carbonyl (C=O) groups is 1. The SMILES string of the molecule is Cc1ccc(NC(=O)c2cc(-c3cnc(NCc4ccccc4)nc3)cn2C)cn1. The second kappa shape index (κ2) is 8.57. The van der Waals surface area contributed by atoms with E-state index in [0.29, 0.717) is 23.9 Å². The predicted molar refractivity (Wildman–Crippen MR) is 117 cm³/mol. The number of anilines is 2. The van der Waals surface area contributed by atoms with Crippen molar-refractivity contribution in [1.29, 1.82) is 0 Å². The molecule has 1 amide bonds. The molecule has 150 valence electrons. The summed E-state index contributed by atoms with van der Waals surface area (Å²) in [6.45, 7) is 2.56. The van der Waals surface area contributed by atoms with Crippen LogP contribution in [0.1, 0.15) is 21.7 Å². The average molecular weight is 398 g/mol. The number of aromatic nitrogens is 4. The maximum Gasteiger partial charge on any atom is 0.272 e. The summed E-state index contributed by atoms with van der Waals surface area (Å²) in [5, 5.41) is 6.08.